The first-order chi connectivity index (χ1) is 21.2. The molecule has 3 heterocycles. The van der Waals surface area contributed by atoms with Gasteiger partial charge in [0.15, 0.2) is 0 Å². The van der Waals surface area contributed by atoms with E-state index in [1.165, 1.54) is 0 Å². The summed E-state index contributed by atoms with van der Waals surface area (Å²) in [7, 11) is 1.59. The highest BCUT2D eigenvalue weighted by molar-refractivity contribution is 8.02. The standard InChI is InChI=1S/C35H43N3O5S/c1-7-18-36(24-12-10-9-11-13-24)32(40)29-28-20-23(5)35(44-28)30(29)33(41)38(27(21-39)22(3)4)31(35)34(42)37(19-8-2)25-14-16-26(43-6)17-15-25/h7-17,22-23,27-31,39H,1-2,18-21H2,3-6H3/t23?,27-,28+,29-,30-,31?,35?/m0/s1. The molecule has 3 aliphatic rings. The van der Waals surface area contributed by atoms with Crippen molar-refractivity contribution < 1.29 is 24.2 Å². The molecule has 3 fully saturated rings. The molecule has 8 nitrogen and oxygen atoms in total. The van der Waals surface area contributed by atoms with Crippen molar-refractivity contribution in [3.8, 4) is 5.75 Å². The largest absolute Gasteiger partial charge is 0.497 e. The van der Waals surface area contributed by atoms with E-state index >= 15 is 0 Å². The van der Waals surface area contributed by atoms with Crippen molar-refractivity contribution in [2.75, 3.05) is 36.6 Å². The van der Waals surface area contributed by atoms with E-state index in [4.69, 9.17) is 4.74 Å². The van der Waals surface area contributed by atoms with Crippen LogP contribution in [0.5, 0.6) is 5.75 Å². The Morgan fingerprint density at radius 2 is 1.64 bits per heavy atom. The molecule has 1 N–H and O–H groups in total. The summed E-state index contributed by atoms with van der Waals surface area (Å²) in [5.74, 6) is -1.35. The number of para-hydroxylation sites is 1. The van der Waals surface area contributed by atoms with Crippen molar-refractivity contribution >= 4 is 40.9 Å². The zero-order valence-corrected chi connectivity index (χ0v) is 26.8. The Hall–Kier alpha value is -3.56. The van der Waals surface area contributed by atoms with Gasteiger partial charge in [-0.25, -0.2) is 0 Å². The number of likely N-dealkylation sites (tertiary alicyclic amines) is 1. The summed E-state index contributed by atoms with van der Waals surface area (Å²) in [6, 6.07) is 15.2. The smallest absolute Gasteiger partial charge is 0.251 e. The number of carbonyl (C=O) groups is 3. The van der Waals surface area contributed by atoms with Crippen LogP contribution in [0.2, 0.25) is 0 Å². The molecule has 5 rings (SSSR count). The number of benzene rings is 2. The zero-order valence-electron chi connectivity index (χ0n) is 26.0. The van der Waals surface area contributed by atoms with Gasteiger partial charge in [-0.3, -0.25) is 14.4 Å². The summed E-state index contributed by atoms with van der Waals surface area (Å²) >= 11 is 1.63. The van der Waals surface area contributed by atoms with Crippen molar-refractivity contribution in [3.05, 3.63) is 79.9 Å². The number of rotatable bonds is 12. The third-order valence-corrected chi connectivity index (χ3v) is 11.7. The van der Waals surface area contributed by atoms with Crippen molar-refractivity contribution in [2.45, 2.75) is 49.3 Å². The molecule has 2 aromatic rings. The highest BCUT2D eigenvalue weighted by atomic mass is 32.2. The lowest BCUT2D eigenvalue weighted by molar-refractivity contribution is -0.142. The fourth-order valence-corrected chi connectivity index (χ4v) is 9.99. The van der Waals surface area contributed by atoms with Crippen LogP contribution in [0, 0.1) is 23.7 Å². The lowest BCUT2D eigenvalue weighted by atomic mass is 9.65. The molecule has 3 saturated heterocycles. The van der Waals surface area contributed by atoms with E-state index in [9.17, 15) is 19.5 Å². The Morgan fingerprint density at radius 3 is 2.18 bits per heavy atom. The number of amides is 3. The number of nitrogens with zero attached hydrogens (tertiary/aromatic N) is 3. The zero-order chi connectivity index (χ0) is 31.8. The number of aliphatic hydroxyl groups is 1. The first kappa shape index (κ1) is 31.9. The summed E-state index contributed by atoms with van der Waals surface area (Å²) in [4.78, 5) is 49.2. The Morgan fingerprint density at radius 1 is 1.05 bits per heavy atom. The average molecular weight is 618 g/mol. The molecule has 234 valence electrons. The molecule has 0 saturated carbocycles. The van der Waals surface area contributed by atoms with E-state index in [1.807, 2.05) is 56.3 Å². The predicted octanol–water partition coefficient (Wildman–Crippen LogP) is 4.79. The highest BCUT2D eigenvalue weighted by Gasteiger charge is 2.77. The van der Waals surface area contributed by atoms with E-state index < -0.39 is 28.7 Å². The predicted molar refractivity (Wildman–Crippen MR) is 176 cm³/mol. The van der Waals surface area contributed by atoms with E-state index in [1.54, 1.807) is 57.9 Å². The molecule has 0 radical (unpaired) electrons. The summed E-state index contributed by atoms with van der Waals surface area (Å²) in [5.41, 5.74) is 1.40. The monoisotopic (exact) mass is 617 g/mol. The van der Waals surface area contributed by atoms with Crippen LogP contribution in [0.3, 0.4) is 0 Å². The third-order valence-electron chi connectivity index (χ3n) is 9.62. The minimum atomic E-state index is -0.867. The SMILES string of the molecule is C=CCN(C(=O)C1N([C@@H](CO)C(C)C)C(=O)[C@@H]2[C@@H](C(=O)N(CC=C)c3ccccc3)[C@H]3CC(C)C12S3)c1ccc(OC)cc1. The molecule has 2 aromatic carbocycles. The third kappa shape index (κ3) is 5.04. The van der Waals surface area contributed by atoms with Crippen LogP contribution < -0.4 is 14.5 Å². The van der Waals surface area contributed by atoms with Crippen LogP contribution >= 0.6 is 11.8 Å². The van der Waals surface area contributed by atoms with Gasteiger partial charge >= 0.3 is 0 Å². The number of hydrogen-bond acceptors (Lipinski definition) is 6. The molecule has 44 heavy (non-hydrogen) atoms. The van der Waals surface area contributed by atoms with Gasteiger partial charge in [-0.15, -0.1) is 24.9 Å². The number of hydrogen-bond donors (Lipinski definition) is 1. The van der Waals surface area contributed by atoms with Crippen molar-refractivity contribution in [1.29, 1.82) is 0 Å². The first-order valence-electron chi connectivity index (χ1n) is 15.3. The Labute approximate surface area is 264 Å². The van der Waals surface area contributed by atoms with Gasteiger partial charge in [-0.1, -0.05) is 51.1 Å². The topological polar surface area (TPSA) is 90.4 Å². The molecule has 1 spiro atoms. The Balaban J connectivity index is 1.63. The van der Waals surface area contributed by atoms with Crippen LogP contribution in [-0.2, 0) is 14.4 Å². The molecule has 9 heteroatoms. The fraction of sp³-hybridized carbons (Fsp3) is 0.457. The van der Waals surface area contributed by atoms with Gasteiger partial charge in [-0.2, -0.15) is 0 Å². The van der Waals surface area contributed by atoms with E-state index in [-0.39, 0.29) is 48.0 Å². The number of carbonyl (C=O) groups excluding carboxylic acids is 3. The normalized spacial score (nSPS) is 27.6. The van der Waals surface area contributed by atoms with Crippen LogP contribution in [0.4, 0.5) is 11.4 Å². The molecular weight excluding hydrogens is 574 g/mol. The maximum Gasteiger partial charge on any atom is 0.251 e. The molecule has 7 atom stereocenters. The minimum Gasteiger partial charge on any atom is -0.497 e. The van der Waals surface area contributed by atoms with Crippen molar-refractivity contribution in [2.24, 2.45) is 23.7 Å². The highest BCUT2D eigenvalue weighted by Crippen LogP contribution is 2.69. The second-order valence-electron chi connectivity index (χ2n) is 12.3. The van der Waals surface area contributed by atoms with Gasteiger partial charge in [0.2, 0.25) is 11.8 Å². The second kappa shape index (κ2) is 12.8. The van der Waals surface area contributed by atoms with Crippen LogP contribution in [0.25, 0.3) is 0 Å². The molecule has 3 amide bonds. The molecule has 3 unspecified atom stereocenters. The van der Waals surface area contributed by atoms with Crippen LogP contribution in [0.15, 0.2) is 79.9 Å². The number of thioether (sulfide) groups is 1. The van der Waals surface area contributed by atoms with Crippen molar-refractivity contribution in [3.63, 3.8) is 0 Å². The Kier molecular flexibility index (Phi) is 9.28. The van der Waals surface area contributed by atoms with Gasteiger partial charge in [0.05, 0.1) is 36.3 Å². The summed E-state index contributed by atoms with van der Waals surface area (Å²) in [6.07, 6.45) is 4.09. The molecule has 0 aliphatic carbocycles. The number of ether oxygens (including phenoxy) is 1. The lowest BCUT2D eigenvalue weighted by Gasteiger charge is -2.43. The van der Waals surface area contributed by atoms with E-state index in [2.05, 4.69) is 20.1 Å². The number of fused-ring (bicyclic) bond motifs is 1. The summed E-state index contributed by atoms with van der Waals surface area (Å²) < 4.78 is 4.51. The van der Waals surface area contributed by atoms with Gasteiger partial charge in [0.25, 0.3) is 5.91 Å². The number of aliphatic hydroxyl groups excluding tert-OH is 1. The van der Waals surface area contributed by atoms with Gasteiger partial charge in [-0.05, 0) is 54.7 Å². The second-order valence-corrected chi connectivity index (χ2v) is 13.8. The van der Waals surface area contributed by atoms with Gasteiger partial charge in [0.1, 0.15) is 11.8 Å². The van der Waals surface area contributed by atoms with Crippen LogP contribution in [0.1, 0.15) is 27.2 Å². The number of methoxy groups -OCH3 is 1. The maximum atomic E-state index is 14.9. The minimum absolute atomic E-state index is 0.00742. The fourth-order valence-electron chi connectivity index (χ4n) is 7.60. The molecule has 2 bridgehead atoms. The maximum absolute atomic E-state index is 14.9. The summed E-state index contributed by atoms with van der Waals surface area (Å²) in [5, 5.41) is 10.5. The summed E-state index contributed by atoms with van der Waals surface area (Å²) in [6.45, 7) is 14.1. The number of anilines is 2. The molecule has 0 aromatic heterocycles. The van der Waals surface area contributed by atoms with Crippen LogP contribution in [-0.4, -0.2) is 76.6 Å². The molecular formula is C35H43N3O5S. The first-order valence-corrected chi connectivity index (χ1v) is 16.2. The quantitative estimate of drug-likeness (QED) is 0.345. The van der Waals surface area contributed by atoms with Gasteiger partial charge in [0, 0.05) is 29.7 Å². The van der Waals surface area contributed by atoms with E-state index in [0.717, 1.165) is 5.69 Å². The molecule has 3 aliphatic heterocycles. The Bertz CT molecular complexity index is 1400. The average Bonchev–Trinajstić information content (AvgIpc) is 3.62. The van der Waals surface area contributed by atoms with E-state index in [0.29, 0.717) is 24.4 Å². The van der Waals surface area contributed by atoms with Gasteiger partial charge < -0.3 is 24.5 Å². The lowest BCUT2D eigenvalue weighted by Crippen LogP contribution is -2.60. The van der Waals surface area contributed by atoms with Crippen molar-refractivity contribution in [1.82, 2.24) is 4.90 Å².